The minimum absolute atomic E-state index is 0.0439. The van der Waals surface area contributed by atoms with Crippen LogP contribution in [0.1, 0.15) is 34.1 Å². The molecule has 120 valence electrons. The predicted molar refractivity (Wildman–Crippen MR) is 84.1 cm³/mol. The van der Waals surface area contributed by atoms with Crippen molar-refractivity contribution in [1.82, 2.24) is 14.7 Å². The van der Waals surface area contributed by atoms with E-state index in [0.717, 1.165) is 12.8 Å². The fourth-order valence-electron chi connectivity index (χ4n) is 3.04. The van der Waals surface area contributed by atoms with E-state index in [2.05, 4.69) is 24.2 Å². The Balaban J connectivity index is 1.70. The highest BCUT2D eigenvalue weighted by Gasteiger charge is 2.22. The zero-order valence-electron chi connectivity index (χ0n) is 13.0. The van der Waals surface area contributed by atoms with Gasteiger partial charge in [0.2, 0.25) is 5.91 Å². The number of amides is 1. The topological polar surface area (TPSA) is 75.4 Å². The van der Waals surface area contributed by atoms with Crippen molar-refractivity contribution < 1.29 is 14.7 Å². The zero-order valence-corrected chi connectivity index (χ0v) is 13.0. The summed E-state index contributed by atoms with van der Waals surface area (Å²) in [5.74, 6) is -1.13. The standard InChI is InChI=1S/C17H19N3O3/c1-2-12-4-3-5-13-10-19(8-6-14(12)13)16(21)11-20-9-7-15(18-20)17(22)23/h3-5,7,9H,2,6,8,10-11H2,1H3,(H,22,23). The third-order valence-electron chi connectivity index (χ3n) is 4.25. The Bertz CT molecular complexity index is 751. The molecule has 0 saturated carbocycles. The average Bonchev–Trinajstić information content (AvgIpc) is 3.02. The lowest BCUT2D eigenvalue weighted by atomic mass is 9.93. The minimum Gasteiger partial charge on any atom is -0.476 e. The number of nitrogens with zero attached hydrogens (tertiary/aromatic N) is 3. The zero-order chi connectivity index (χ0) is 16.4. The Morgan fingerprint density at radius 2 is 2.13 bits per heavy atom. The Kier molecular flexibility index (Phi) is 4.14. The van der Waals surface area contributed by atoms with Gasteiger partial charge >= 0.3 is 5.97 Å². The van der Waals surface area contributed by atoms with Crippen LogP contribution in [0.25, 0.3) is 0 Å². The number of fused-ring (bicyclic) bond motifs is 1. The first-order valence-electron chi connectivity index (χ1n) is 7.72. The lowest BCUT2D eigenvalue weighted by molar-refractivity contribution is -0.133. The number of aromatic nitrogens is 2. The molecule has 0 aliphatic carbocycles. The van der Waals surface area contributed by atoms with Gasteiger partial charge in [-0.05, 0) is 35.6 Å². The molecule has 3 rings (SSSR count). The van der Waals surface area contributed by atoms with Crippen LogP contribution in [-0.2, 0) is 30.7 Å². The van der Waals surface area contributed by atoms with Crippen molar-refractivity contribution in [1.29, 1.82) is 0 Å². The van der Waals surface area contributed by atoms with E-state index in [1.165, 1.54) is 33.6 Å². The van der Waals surface area contributed by atoms with Gasteiger partial charge in [0.25, 0.3) is 0 Å². The molecule has 2 heterocycles. The fraction of sp³-hybridized carbons (Fsp3) is 0.353. The van der Waals surface area contributed by atoms with Gasteiger partial charge in [-0.2, -0.15) is 5.10 Å². The van der Waals surface area contributed by atoms with Crippen LogP contribution in [-0.4, -0.2) is 38.2 Å². The van der Waals surface area contributed by atoms with E-state index >= 15 is 0 Å². The summed E-state index contributed by atoms with van der Waals surface area (Å²) in [6.45, 7) is 3.51. The Hall–Kier alpha value is -2.63. The molecule has 0 saturated heterocycles. The smallest absolute Gasteiger partial charge is 0.356 e. The summed E-state index contributed by atoms with van der Waals surface area (Å²) < 4.78 is 1.38. The Morgan fingerprint density at radius 1 is 1.30 bits per heavy atom. The number of carboxylic acids is 1. The van der Waals surface area contributed by atoms with Gasteiger partial charge in [-0.15, -0.1) is 0 Å². The maximum Gasteiger partial charge on any atom is 0.356 e. The van der Waals surface area contributed by atoms with Crippen LogP contribution in [0.2, 0.25) is 0 Å². The van der Waals surface area contributed by atoms with E-state index in [1.54, 1.807) is 0 Å². The molecule has 1 N–H and O–H groups in total. The second kappa shape index (κ2) is 6.24. The van der Waals surface area contributed by atoms with E-state index in [9.17, 15) is 9.59 Å². The molecule has 1 aliphatic heterocycles. The Labute approximate surface area is 134 Å². The van der Waals surface area contributed by atoms with Crippen LogP contribution in [0.15, 0.2) is 30.5 Å². The van der Waals surface area contributed by atoms with E-state index < -0.39 is 5.97 Å². The third kappa shape index (κ3) is 3.11. The van der Waals surface area contributed by atoms with E-state index in [0.29, 0.717) is 13.1 Å². The minimum atomic E-state index is -1.09. The lowest BCUT2D eigenvalue weighted by Gasteiger charge is -2.30. The van der Waals surface area contributed by atoms with Crippen molar-refractivity contribution in [3.63, 3.8) is 0 Å². The van der Waals surface area contributed by atoms with Crippen molar-refractivity contribution in [2.75, 3.05) is 6.54 Å². The van der Waals surface area contributed by atoms with E-state index in [1.807, 2.05) is 11.0 Å². The number of aryl methyl sites for hydroxylation is 1. The number of aromatic carboxylic acids is 1. The van der Waals surface area contributed by atoms with Crippen molar-refractivity contribution in [3.8, 4) is 0 Å². The molecule has 2 aromatic rings. The molecule has 1 amide bonds. The van der Waals surface area contributed by atoms with Crippen molar-refractivity contribution in [2.24, 2.45) is 0 Å². The van der Waals surface area contributed by atoms with Gasteiger partial charge in [-0.3, -0.25) is 9.48 Å². The number of hydrogen-bond donors (Lipinski definition) is 1. The van der Waals surface area contributed by atoms with Crippen LogP contribution in [0.4, 0.5) is 0 Å². The molecule has 23 heavy (non-hydrogen) atoms. The Morgan fingerprint density at radius 3 is 2.83 bits per heavy atom. The van der Waals surface area contributed by atoms with Crippen molar-refractivity contribution in [2.45, 2.75) is 32.9 Å². The van der Waals surface area contributed by atoms with Gasteiger partial charge in [0.1, 0.15) is 6.54 Å². The third-order valence-corrected chi connectivity index (χ3v) is 4.25. The first-order valence-corrected chi connectivity index (χ1v) is 7.72. The largest absolute Gasteiger partial charge is 0.476 e. The second-order valence-electron chi connectivity index (χ2n) is 5.68. The summed E-state index contributed by atoms with van der Waals surface area (Å²) in [6.07, 6.45) is 3.39. The van der Waals surface area contributed by atoms with Crippen LogP contribution in [0, 0.1) is 0 Å². The number of carboxylic acid groups (broad SMARTS) is 1. The first-order chi connectivity index (χ1) is 11.1. The molecule has 1 aliphatic rings. The highest BCUT2D eigenvalue weighted by molar-refractivity contribution is 5.85. The maximum absolute atomic E-state index is 12.4. The van der Waals surface area contributed by atoms with E-state index in [4.69, 9.17) is 5.11 Å². The molecule has 6 heteroatoms. The van der Waals surface area contributed by atoms with Crippen LogP contribution in [0.3, 0.4) is 0 Å². The number of carbonyl (C=O) groups is 2. The molecule has 0 radical (unpaired) electrons. The summed E-state index contributed by atoms with van der Waals surface area (Å²) in [5.41, 5.74) is 3.88. The highest BCUT2D eigenvalue weighted by Crippen LogP contribution is 2.23. The molecule has 0 spiro atoms. The van der Waals surface area contributed by atoms with Crippen LogP contribution >= 0.6 is 0 Å². The van der Waals surface area contributed by atoms with Gasteiger partial charge in [0, 0.05) is 19.3 Å². The van der Waals surface area contributed by atoms with Crippen molar-refractivity contribution >= 4 is 11.9 Å². The number of hydrogen-bond acceptors (Lipinski definition) is 3. The quantitative estimate of drug-likeness (QED) is 0.932. The van der Waals surface area contributed by atoms with Crippen LogP contribution < -0.4 is 0 Å². The lowest BCUT2D eigenvalue weighted by Crippen LogP contribution is -2.38. The average molecular weight is 313 g/mol. The SMILES string of the molecule is CCc1cccc2c1CCN(C(=O)Cn1ccc(C(=O)O)n1)C2. The molecule has 0 unspecified atom stereocenters. The summed E-state index contributed by atoms with van der Waals surface area (Å²) >= 11 is 0. The fourth-order valence-corrected chi connectivity index (χ4v) is 3.04. The molecule has 1 aromatic heterocycles. The summed E-state index contributed by atoms with van der Waals surface area (Å²) in [6, 6.07) is 7.66. The molecule has 0 fully saturated rings. The summed E-state index contributed by atoms with van der Waals surface area (Å²) in [5, 5.41) is 12.8. The van der Waals surface area contributed by atoms with Gasteiger partial charge in [-0.25, -0.2) is 4.79 Å². The number of carbonyl (C=O) groups excluding carboxylic acids is 1. The van der Waals surface area contributed by atoms with Gasteiger partial charge in [0.15, 0.2) is 5.69 Å². The summed E-state index contributed by atoms with van der Waals surface area (Å²) in [4.78, 5) is 25.1. The molecule has 1 aromatic carbocycles. The van der Waals surface area contributed by atoms with Gasteiger partial charge < -0.3 is 10.0 Å². The highest BCUT2D eigenvalue weighted by atomic mass is 16.4. The van der Waals surface area contributed by atoms with E-state index in [-0.39, 0.29) is 18.1 Å². The number of benzene rings is 1. The monoisotopic (exact) mass is 313 g/mol. The molecule has 6 nitrogen and oxygen atoms in total. The van der Waals surface area contributed by atoms with Gasteiger partial charge in [-0.1, -0.05) is 25.1 Å². The molecule has 0 bridgehead atoms. The van der Waals surface area contributed by atoms with Gasteiger partial charge in [0.05, 0.1) is 0 Å². The maximum atomic E-state index is 12.4. The normalized spacial score (nSPS) is 13.7. The van der Waals surface area contributed by atoms with Crippen LogP contribution in [0.5, 0.6) is 0 Å². The molecular formula is C17H19N3O3. The molecular weight excluding hydrogens is 294 g/mol. The second-order valence-corrected chi connectivity index (χ2v) is 5.68. The number of rotatable bonds is 4. The predicted octanol–water partition coefficient (Wildman–Crippen LogP) is 1.73. The molecule has 0 atom stereocenters. The summed E-state index contributed by atoms with van der Waals surface area (Å²) in [7, 11) is 0. The van der Waals surface area contributed by atoms with Crippen molar-refractivity contribution in [3.05, 3.63) is 52.8 Å². The first kappa shape index (κ1) is 15.3.